The fraction of sp³-hybridized carbons (Fsp3) is 0.500. The first-order valence-electron chi connectivity index (χ1n) is 9.50. The molecule has 2 aromatic rings. The lowest BCUT2D eigenvalue weighted by molar-refractivity contribution is -0.133. The number of carbonyl (C=O) groups is 2. The number of benzene rings is 1. The molecule has 0 radical (unpaired) electrons. The molecule has 2 amide bonds. The van der Waals surface area contributed by atoms with Gasteiger partial charge in [-0.3, -0.25) is 9.59 Å². The van der Waals surface area contributed by atoms with Crippen LogP contribution in [-0.2, 0) is 9.53 Å². The minimum Gasteiger partial charge on any atom is -0.378 e. The van der Waals surface area contributed by atoms with Crippen LogP contribution < -0.4 is 5.32 Å². The van der Waals surface area contributed by atoms with Crippen molar-refractivity contribution < 1.29 is 14.3 Å². The van der Waals surface area contributed by atoms with Crippen molar-refractivity contribution in [2.24, 2.45) is 0 Å². The maximum atomic E-state index is 13.0. The number of halogens is 1. The van der Waals surface area contributed by atoms with Crippen molar-refractivity contribution in [2.75, 3.05) is 45.9 Å². The van der Waals surface area contributed by atoms with Crippen LogP contribution in [0.1, 0.15) is 21.7 Å². The summed E-state index contributed by atoms with van der Waals surface area (Å²) in [6.07, 6.45) is 0.462. The van der Waals surface area contributed by atoms with Gasteiger partial charge in [-0.05, 0) is 23.9 Å². The average Bonchev–Trinajstić information content (AvgIpc) is 3.05. The fourth-order valence-corrected chi connectivity index (χ4v) is 4.95. The zero-order chi connectivity index (χ0) is 18.8. The topological polar surface area (TPSA) is 61.9 Å². The molecule has 152 valence electrons. The number of aryl methyl sites for hydroxylation is 1. The Bertz CT molecular complexity index is 842. The number of hydrogen-bond donors (Lipinski definition) is 1. The van der Waals surface area contributed by atoms with Crippen LogP contribution >= 0.6 is 23.7 Å². The van der Waals surface area contributed by atoms with Crippen LogP contribution in [0.3, 0.4) is 0 Å². The van der Waals surface area contributed by atoms with E-state index in [0.29, 0.717) is 45.8 Å². The lowest BCUT2D eigenvalue weighted by Crippen LogP contribution is -2.52. The maximum Gasteiger partial charge on any atom is 0.264 e. The van der Waals surface area contributed by atoms with Crippen molar-refractivity contribution >= 4 is 45.6 Å². The van der Waals surface area contributed by atoms with Gasteiger partial charge in [-0.15, -0.1) is 23.7 Å². The van der Waals surface area contributed by atoms with E-state index in [1.807, 2.05) is 28.9 Å². The third-order valence-corrected chi connectivity index (χ3v) is 6.64. The lowest BCUT2D eigenvalue weighted by Gasteiger charge is -2.35. The van der Waals surface area contributed by atoms with Gasteiger partial charge < -0.3 is 19.9 Å². The number of nitrogens with zero attached hydrogens (tertiary/aromatic N) is 2. The number of piperazine rings is 1. The number of carbonyl (C=O) groups excluding carboxylic acids is 2. The Hall–Kier alpha value is -1.67. The Morgan fingerprint density at radius 3 is 2.57 bits per heavy atom. The van der Waals surface area contributed by atoms with Crippen molar-refractivity contribution in [3.8, 4) is 0 Å². The van der Waals surface area contributed by atoms with Gasteiger partial charge in [0.05, 0.1) is 18.1 Å². The predicted octanol–water partition coefficient (Wildman–Crippen LogP) is 2.29. The molecule has 3 heterocycles. The van der Waals surface area contributed by atoms with E-state index in [1.165, 1.54) is 0 Å². The van der Waals surface area contributed by atoms with Crippen molar-refractivity contribution in [2.45, 2.75) is 19.4 Å². The third kappa shape index (κ3) is 4.33. The standard InChI is InChI=1S/C20H25N3O3S.ClH/c1-14-16-4-2-3-5-17(16)27-19(14)20(25)23-9-7-22(8-10-23)18(24)12-15-13-26-11-6-21-15;/h2-5,15,21H,6-13H2,1H3;1H. The molecule has 0 aliphatic carbocycles. The van der Waals surface area contributed by atoms with E-state index in [-0.39, 0.29) is 30.3 Å². The Morgan fingerprint density at radius 2 is 1.89 bits per heavy atom. The van der Waals surface area contributed by atoms with Crippen LogP contribution in [-0.4, -0.2) is 73.6 Å². The highest BCUT2D eigenvalue weighted by molar-refractivity contribution is 7.21. The summed E-state index contributed by atoms with van der Waals surface area (Å²) >= 11 is 1.56. The number of rotatable bonds is 3. The van der Waals surface area contributed by atoms with Gasteiger partial charge in [0.15, 0.2) is 0 Å². The van der Waals surface area contributed by atoms with E-state index in [0.717, 1.165) is 27.1 Å². The van der Waals surface area contributed by atoms with Gasteiger partial charge in [0.25, 0.3) is 5.91 Å². The molecular weight excluding hydrogens is 398 g/mol. The number of fused-ring (bicyclic) bond motifs is 1. The summed E-state index contributed by atoms with van der Waals surface area (Å²) in [5.41, 5.74) is 1.06. The third-order valence-electron chi connectivity index (χ3n) is 5.38. The summed E-state index contributed by atoms with van der Waals surface area (Å²) in [5, 5.41) is 4.48. The molecule has 1 unspecified atom stereocenters. The molecule has 1 atom stereocenters. The van der Waals surface area contributed by atoms with Gasteiger partial charge in [0.1, 0.15) is 0 Å². The van der Waals surface area contributed by atoms with Gasteiger partial charge in [-0.2, -0.15) is 0 Å². The van der Waals surface area contributed by atoms with E-state index in [1.54, 1.807) is 11.3 Å². The van der Waals surface area contributed by atoms with E-state index >= 15 is 0 Å². The van der Waals surface area contributed by atoms with E-state index in [2.05, 4.69) is 17.4 Å². The van der Waals surface area contributed by atoms with Gasteiger partial charge in [0.2, 0.25) is 5.91 Å². The van der Waals surface area contributed by atoms with Crippen LogP contribution in [0.4, 0.5) is 0 Å². The minimum atomic E-state index is 0. The molecule has 1 aromatic heterocycles. The summed E-state index contributed by atoms with van der Waals surface area (Å²) < 4.78 is 6.57. The fourth-order valence-electron chi connectivity index (χ4n) is 3.77. The second-order valence-corrected chi connectivity index (χ2v) is 8.21. The molecule has 1 N–H and O–H groups in total. The average molecular weight is 424 g/mol. The molecule has 2 aliphatic heterocycles. The van der Waals surface area contributed by atoms with E-state index in [4.69, 9.17) is 4.74 Å². The van der Waals surface area contributed by atoms with Gasteiger partial charge >= 0.3 is 0 Å². The molecule has 8 heteroatoms. The summed E-state index contributed by atoms with van der Waals surface area (Å²) in [5.74, 6) is 0.228. The minimum absolute atomic E-state index is 0. The zero-order valence-corrected chi connectivity index (χ0v) is 17.6. The maximum absolute atomic E-state index is 13.0. The molecule has 0 spiro atoms. The highest BCUT2D eigenvalue weighted by Gasteiger charge is 2.28. The first-order valence-corrected chi connectivity index (χ1v) is 10.3. The van der Waals surface area contributed by atoms with Crippen LogP contribution in [0.25, 0.3) is 10.1 Å². The molecular formula is C20H26ClN3O3S. The number of hydrogen-bond acceptors (Lipinski definition) is 5. The SMILES string of the molecule is Cc1c(C(=O)N2CCN(C(=O)CC3COCCN3)CC2)sc2ccccc12.Cl. The van der Waals surface area contributed by atoms with Gasteiger partial charge in [-0.25, -0.2) is 0 Å². The van der Waals surface area contributed by atoms with Gasteiger partial charge in [-0.1, -0.05) is 18.2 Å². The van der Waals surface area contributed by atoms with Crippen LogP contribution in [0.15, 0.2) is 24.3 Å². The number of ether oxygens (including phenoxy) is 1. The lowest BCUT2D eigenvalue weighted by atomic mass is 10.1. The first-order chi connectivity index (χ1) is 13.1. The summed E-state index contributed by atoms with van der Waals surface area (Å²) in [6, 6.07) is 8.24. The molecule has 28 heavy (non-hydrogen) atoms. The molecule has 0 saturated carbocycles. The monoisotopic (exact) mass is 423 g/mol. The molecule has 4 rings (SSSR count). The molecule has 2 saturated heterocycles. The molecule has 6 nitrogen and oxygen atoms in total. The highest BCUT2D eigenvalue weighted by Crippen LogP contribution is 2.31. The Labute approximate surface area is 175 Å². The van der Waals surface area contributed by atoms with E-state index < -0.39 is 0 Å². The second kappa shape index (κ2) is 9.22. The summed E-state index contributed by atoms with van der Waals surface area (Å²) in [6.45, 7) is 6.50. The van der Waals surface area contributed by atoms with Crippen LogP contribution in [0.5, 0.6) is 0 Å². The quantitative estimate of drug-likeness (QED) is 0.822. The Morgan fingerprint density at radius 1 is 1.18 bits per heavy atom. The van der Waals surface area contributed by atoms with Crippen molar-refractivity contribution in [1.82, 2.24) is 15.1 Å². The first kappa shape index (κ1) is 21.0. The Kier molecular flexibility index (Phi) is 6.93. The smallest absolute Gasteiger partial charge is 0.264 e. The summed E-state index contributed by atoms with van der Waals surface area (Å²) in [7, 11) is 0. The second-order valence-electron chi connectivity index (χ2n) is 7.16. The molecule has 1 aromatic carbocycles. The number of morpholine rings is 1. The highest BCUT2D eigenvalue weighted by atomic mass is 35.5. The number of thiophene rings is 1. The molecule has 2 fully saturated rings. The molecule has 2 aliphatic rings. The van der Waals surface area contributed by atoms with Crippen LogP contribution in [0.2, 0.25) is 0 Å². The van der Waals surface area contributed by atoms with Gasteiger partial charge in [0, 0.05) is 49.9 Å². The normalized spacial score (nSPS) is 20.1. The van der Waals surface area contributed by atoms with Crippen molar-refractivity contribution in [3.63, 3.8) is 0 Å². The van der Waals surface area contributed by atoms with Crippen molar-refractivity contribution in [1.29, 1.82) is 0 Å². The van der Waals surface area contributed by atoms with Crippen LogP contribution in [0, 0.1) is 6.92 Å². The number of nitrogens with one attached hydrogen (secondary N) is 1. The summed E-state index contributed by atoms with van der Waals surface area (Å²) in [4.78, 5) is 30.1. The predicted molar refractivity (Wildman–Crippen MR) is 114 cm³/mol. The van der Waals surface area contributed by atoms with E-state index in [9.17, 15) is 9.59 Å². The molecule has 0 bridgehead atoms. The largest absolute Gasteiger partial charge is 0.378 e. The van der Waals surface area contributed by atoms with Crippen molar-refractivity contribution in [3.05, 3.63) is 34.7 Å². The zero-order valence-electron chi connectivity index (χ0n) is 16.0. The Balaban J connectivity index is 0.00000225. The number of amides is 2.